The van der Waals surface area contributed by atoms with Crippen molar-refractivity contribution in [2.45, 2.75) is 13.5 Å². The number of hydrogen-bond acceptors (Lipinski definition) is 3. The molecule has 0 fully saturated rings. The monoisotopic (exact) mass is 254 g/mol. The largest absolute Gasteiger partial charge is 0.436 e. The summed E-state index contributed by atoms with van der Waals surface area (Å²) in [6.07, 6.45) is 0. The second kappa shape index (κ2) is 4.73. The van der Waals surface area contributed by atoms with Crippen LogP contribution >= 0.6 is 0 Å². The first-order chi connectivity index (χ1) is 8.52. The van der Waals surface area contributed by atoms with Crippen LogP contribution in [0.15, 0.2) is 18.2 Å². The van der Waals surface area contributed by atoms with E-state index in [1.807, 2.05) is 0 Å². The van der Waals surface area contributed by atoms with Gasteiger partial charge >= 0.3 is 0 Å². The van der Waals surface area contributed by atoms with Gasteiger partial charge in [-0.25, -0.2) is 13.5 Å². The average Bonchev–Trinajstić information content (AvgIpc) is 2.58. The van der Waals surface area contributed by atoms with E-state index in [1.54, 1.807) is 14.0 Å². The number of nitrogens with zero attached hydrogens (tertiary/aromatic N) is 2. The molecule has 4 nitrogen and oxygen atoms in total. The summed E-state index contributed by atoms with van der Waals surface area (Å²) >= 11 is 0. The van der Waals surface area contributed by atoms with Gasteiger partial charge < -0.3 is 9.84 Å². The van der Waals surface area contributed by atoms with E-state index < -0.39 is 11.6 Å². The molecule has 0 radical (unpaired) electrons. The van der Waals surface area contributed by atoms with Gasteiger partial charge in [0.25, 0.3) is 0 Å². The zero-order chi connectivity index (χ0) is 13.3. The Bertz CT molecular complexity index is 582. The third-order valence-corrected chi connectivity index (χ3v) is 2.55. The van der Waals surface area contributed by atoms with Crippen LogP contribution < -0.4 is 4.74 Å². The van der Waals surface area contributed by atoms with Crippen molar-refractivity contribution < 1.29 is 18.6 Å². The Balaban J connectivity index is 2.42. The highest BCUT2D eigenvalue weighted by Gasteiger charge is 2.16. The molecule has 18 heavy (non-hydrogen) atoms. The van der Waals surface area contributed by atoms with Crippen molar-refractivity contribution in [3.8, 4) is 11.6 Å². The van der Waals surface area contributed by atoms with E-state index in [2.05, 4.69) is 5.10 Å². The van der Waals surface area contributed by atoms with E-state index in [9.17, 15) is 13.9 Å². The van der Waals surface area contributed by atoms with Crippen molar-refractivity contribution in [2.24, 2.45) is 7.05 Å². The number of aliphatic hydroxyl groups excluding tert-OH is 1. The number of aryl methyl sites for hydroxylation is 2. The summed E-state index contributed by atoms with van der Waals surface area (Å²) in [5.74, 6) is -1.33. The second-order valence-corrected chi connectivity index (χ2v) is 3.83. The fraction of sp³-hybridized carbons (Fsp3) is 0.250. The zero-order valence-corrected chi connectivity index (χ0v) is 9.94. The van der Waals surface area contributed by atoms with Gasteiger partial charge in [-0.15, -0.1) is 0 Å². The molecule has 1 N–H and O–H groups in total. The Hall–Kier alpha value is -1.95. The van der Waals surface area contributed by atoms with Gasteiger partial charge in [-0.2, -0.15) is 5.10 Å². The normalized spacial score (nSPS) is 10.7. The molecular weight excluding hydrogens is 242 g/mol. The molecule has 6 heteroatoms. The van der Waals surface area contributed by atoms with Crippen LogP contribution in [-0.2, 0) is 13.7 Å². The number of aromatic nitrogens is 2. The summed E-state index contributed by atoms with van der Waals surface area (Å²) in [6, 6.07) is 2.93. The molecule has 0 amide bonds. The van der Waals surface area contributed by atoms with Gasteiger partial charge in [-0.05, 0) is 19.1 Å². The predicted octanol–water partition coefficient (Wildman–Crippen LogP) is 2.29. The standard InChI is InChI=1S/C12H12F2N2O2/c1-7-9(6-17)12(16(2)15-7)18-11-5-8(13)3-4-10(11)14/h3-5,17H,6H2,1-2H3. The van der Waals surface area contributed by atoms with E-state index in [0.29, 0.717) is 11.3 Å². The quantitative estimate of drug-likeness (QED) is 0.914. The van der Waals surface area contributed by atoms with Crippen LogP contribution in [0.25, 0.3) is 0 Å². The van der Waals surface area contributed by atoms with E-state index in [4.69, 9.17) is 4.74 Å². The number of hydrogen-bond donors (Lipinski definition) is 1. The van der Waals surface area contributed by atoms with Crippen molar-refractivity contribution in [2.75, 3.05) is 0 Å². The van der Waals surface area contributed by atoms with Crippen molar-refractivity contribution in [3.05, 3.63) is 41.1 Å². The predicted molar refractivity (Wildman–Crippen MR) is 60.3 cm³/mol. The number of aliphatic hydroxyl groups is 1. The molecular formula is C12H12F2N2O2. The Kier molecular flexibility index (Phi) is 3.29. The highest BCUT2D eigenvalue weighted by atomic mass is 19.1. The van der Waals surface area contributed by atoms with Gasteiger partial charge in [-0.3, -0.25) is 0 Å². The van der Waals surface area contributed by atoms with Gasteiger partial charge in [0.15, 0.2) is 11.6 Å². The smallest absolute Gasteiger partial charge is 0.223 e. The Labute approximate surface area is 102 Å². The maximum absolute atomic E-state index is 13.4. The first kappa shape index (κ1) is 12.5. The maximum atomic E-state index is 13.4. The van der Waals surface area contributed by atoms with Gasteiger partial charge in [0.2, 0.25) is 5.88 Å². The van der Waals surface area contributed by atoms with Crippen molar-refractivity contribution in [1.82, 2.24) is 9.78 Å². The van der Waals surface area contributed by atoms with E-state index in [-0.39, 0.29) is 18.2 Å². The van der Waals surface area contributed by atoms with Gasteiger partial charge in [0.05, 0.1) is 17.9 Å². The van der Waals surface area contributed by atoms with Crippen LogP contribution in [-0.4, -0.2) is 14.9 Å². The molecule has 0 spiro atoms. The minimum Gasteiger partial charge on any atom is -0.436 e. The summed E-state index contributed by atoms with van der Waals surface area (Å²) in [4.78, 5) is 0. The molecule has 96 valence electrons. The van der Waals surface area contributed by atoms with Crippen LogP contribution in [0, 0.1) is 18.6 Å². The van der Waals surface area contributed by atoms with Gasteiger partial charge in [0, 0.05) is 13.1 Å². The van der Waals surface area contributed by atoms with Crippen LogP contribution in [0.2, 0.25) is 0 Å². The molecule has 1 aromatic carbocycles. The lowest BCUT2D eigenvalue weighted by molar-refractivity contribution is 0.273. The molecule has 0 unspecified atom stereocenters. The average molecular weight is 254 g/mol. The molecule has 1 heterocycles. The third kappa shape index (κ3) is 2.19. The molecule has 0 saturated carbocycles. The van der Waals surface area contributed by atoms with Crippen LogP contribution in [0.4, 0.5) is 8.78 Å². The summed E-state index contributed by atoms with van der Waals surface area (Å²) in [6.45, 7) is 1.41. The molecule has 1 aromatic heterocycles. The molecule has 0 bridgehead atoms. The van der Waals surface area contributed by atoms with Gasteiger partial charge in [-0.1, -0.05) is 0 Å². The minimum absolute atomic E-state index is 0.194. The third-order valence-electron chi connectivity index (χ3n) is 2.55. The van der Waals surface area contributed by atoms with Crippen molar-refractivity contribution >= 4 is 0 Å². The summed E-state index contributed by atoms with van der Waals surface area (Å²) in [7, 11) is 1.60. The van der Waals surface area contributed by atoms with Crippen molar-refractivity contribution in [1.29, 1.82) is 0 Å². The zero-order valence-electron chi connectivity index (χ0n) is 9.94. The number of halogens is 2. The van der Waals surface area contributed by atoms with Crippen molar-refractivity contribution in [3.63, 3.8) is 0 Å². The van der Waals surface area contributed by atoms with Crippen LogP contribution in [0.3, 0.4) is 0 Å². The first-order valence-corrected chi connectivity index (χ1v) is 5.29. The first-order valence-electron chi connectivity index (χ1n) is 5.29. The number of ether oxygens (including phenoxy) is 1. The number of rotatable bonds is 3. The van der Waals surface area contributed by atoms with E-state index >= 15 is 0 Å². The molecule has 2 rings (SSSR count). The lowest BCUT2D eigenvalue weighted by Gasteiger charge is -2.08. The Morgan fingerprint density at radius 1 is 1.39 bits per heavy atom. The highest BCUT2D eigenvalue weighted by molar-refractivity contribution is 5.36. The molecule has 0 aliphatic carbocycles. The summed E-state index contributed by atoms with van der Waals surface area (Å²) in [5, 5.41) is 13.3. The van der Waals surface area contributed by atoms with Crippen LogP contribution in [0.1, 0.15) is 11.3 Å². The lowest BCUT2D eigenvalue weighted by Crippen LogP contribution is -1.99. The molecule has 2 aromatic rings. The summed E-state index contributed by atoms with van der Waals surface area (Å²) in [5.41, 5.74) is 1.02. The maximum Gasteiger partial charge on any atom is 0.223 e. The highest BCUT2D eigenvalue weighted by Crippen LogP contribution is 2.29. The SMILES string of the molecule is Cc1nn(C)c(Oc2cc(F)ccc2F)c1CO. The molecule has 0 saturated heterocycles. The number of benzene rings is 1. The molecule has 0 aliphatic rings. The van der Waals surface area contributed by atoms with Crippen LogP contribution in [0.5, 0.6) is 11.6 Å². The fourth-order valence-corrected chi connectivity index (χ4v) is 1.65. The minimum atomic E-state index is -0.681. The Morgan fingerprint density at radius 2 is 2.11 bits per heavy atom. The molecule has 0 atom stereocenters. The molecule has 0 aliphatic heterocycles. The summed E-state index contributed by atoms with van der Waals surface area (Å²) < 4.78 is 33.1. The van der Waals surface area contributed by atoms with E-state index in [0.717, 1.165) is 18.2 Å². The van der Waals surface area contributed by atoms with E-state index in [1.165, 1.54) is 4.68 Å². The Morgan fingerprint density at radius 3 is 2.78 bits per heavy atom. The fourth-order valence-electron chi connectivity index (χ4n) is 1.65. The van der Waals surface area contributed by atoms with Gasteiger partial charge in [0.1, 0.15) is 5.82 Å². The topological polar surface area (TPSA) is 47.3 Å². The second-order valence-electron chi connectivity index (χ2n) is 3.83. The lowest BCUT2D eigenvalue weighted by atomic mass is 10.2.